The molecular formula is C24H29F3N4O3. The summed E-state index contributed by atoms with van der Waals surface area (Å²) in [5, 5.41) is 19.3. The molecule has 2 N–H and O–H groups in total. The van der Waals surface area contributed by atoms with Crippen molar-refractivity contribution < 1.29 is 27.6 Å². The number of hydrogen-bond donors (Lipinski definition) is 2. The predicted molar refractivity (Wildman–Crippen MR) is 120 cm³/mol. The molecule has 0 atom stereocenters. The minimum atomic E-state index is -5.08. The number of rotatable bonds is 6. The maximum Gasteiger partial charge on any atom is 0.490 e. The van der Waals surface area contributed by atoms with Crippen LogP contribution in [0.1, 0.15) is 60.8 Å². The van der Waals surface area contributed by atoms with Crippen LogP contribution in [0.15, 0.2) is 34.9 Å². The topological polar surface area (TPSA) is 95.3 Å². The number of carbonyl (C=O) groups is 1. The number of aliphatic carboxylic acids is 1. The molecule has 0 fully saturated rings. The fraction of sp³-hybridized carbons (Fsp3) is 0.458. The van der Waals surface area contributed by atoms with Gasteiger partial charge < -0.3 is 9.63 Å². The Morgan fingerprint density at radius 2 is 1.88 bits per heavy atom. The molecule has 3 heterocycles. The Morgan fingerprint density at radius 1 is 1.24 bits per heavy atom. The largest absolute Gasteiger partial charge is 0.490 e. The number of fused-ring (bicyclic) bond motifs is 1. The molecule has 4 rings (SSSR count). The molecule has 0 radical (unpaired) electrons. The van der Waals surface area contributed by atoms with Crippen LogP contribution in [0.2, 0.25) is 0 Å². The van der Waals surface area contributed by atoms with Crippen molar-refractivity contribution >= 4 is 5.97 Å². The summed E-state index contributed by atoms with van der Waals surface area (Å²) in [6.07, 6.45) is -1.79. The Labute approximate surface area is 195 Å². The van der Waals surface area contributed by atoms with Crippen LogP contribution in [0.25, 0.3) is 11.3 Å². The van der Waals surface area contributed by atoms with E-state index in [2.05, 4.69) is 46.2 Å². The first kappa shape index (κ1) is 25.5. The van der Waals surface area contributed by atoms with Gasteiger partial charge in [-0.1, -0.05) is 49.3 Å². The molecule has 0 unspecified atom stereocenters. The summed E-state index contributed by atoms with van der Waals surface area (Å²) in [7, 11) is 0. The van der Waals surface area contributed by atoms with Crippen molar-refractivity contribution in [3.05, 3.63) is 58.5 Å². The highest BCUT2D eigenvalue weighted by atomic mass is 19.4. The summed E-state index contributed by atoms with van der Waals surface area (Å²) in [4.78, 5) is 11.4. The Bertz CT molecular complexity index is 1090. The van der Waals surface area contributed by atoms with Crippen LogP contribution in [-0.2, 0) is 24.3 Å². The highest BCUT2D eigenvalue weighted by molar-refractivity contribution is 5.73. The van der Waals surface area contributed by atoms with Crippen molar-refractivity contribution in [2.24, 2.45) is 0 Å². The lowest BCUT2D eigenvalue weighted by molar-refractivity contribution is -0.192. The van der Waals surface area contributed by atoms with Gasteiger partial charge in [0.25, 0.3) is 0 Å². The molecule has 1 aliphatic heterocycles. The molecule has 10 heteroatoms. The molecule has 3 aromatic rings. The van der Waals surface area contributed by atoms with Gasteiger partial charge in [-0.25, -0.2) is 4.79 Å². The van der Waals surface area contributed by atoms with Gasteiger partial charge in [-0.3, -0.25) is 10.00 Å². The predicted octanol–water partition coefficient (Wildman–Crippen LogP) is 5.47. The number of aryl methyl sites for hydroxylation is 1. The van der Waals surface area contributed by atoms with Crippen LogP contribution < -0.4 is 0 Å². The normalized spacial score (nSPS) is 14.0. The maximum atomic E-state index is 10.6. The number of carboxylic acid groups (broad SMARTS) is 1. The molecule has 7 nitrogen and oxygen atoms in total. The van der Waals surface area contributed by atoms with Gasteiger partial charge in [0.05, 0.1) is 11.4 Å². The molecule has 0 amide bonds. The minimum Gasteiger partial charge on any atom is -0.475 e. The quantitative estimate of drug-likeness (QED) is 0.488. The molecule has 2 aromatic heterocycles. The molecule has 34 heavy (non-hydrogen) atoms. The lowest BCUT2D eigenvalue weighted by Crippen LogP contribution is -2.30. The third kappa shape index (κ3) is 5.85. The average Bonchev–Trinajstić information content (AvgIpc) is 3.39. The lowest BCUT2D eigenvalue weighted by atomic mass is 9.93. The van der Waals surface area contributed by atoms with Crippen LogP contribution in [0.3, 0.4) is 0 Å². The number of H-pyrrole nitrogens is 1. The smallest absolute Gasteiger partial charge is 0.475 e. The van der Waals surface area contributed by atoms with Gasteiger partial charge in [0.2, 0.25) is 0 Å². The third-order valence-electron chi connectivity index (χ3n) is 6.06. The summed E-state index contributed by atoms with van der Waals surface area (Å²) in [5.41, 5.74) is 7.25. The Kier molecular flexibility index (Phi) is 8.14. The zero-order valence-corrected chi connectivity index (χ0v) is 19.4. The van der Waals surface area contributed by atoms with Crippen LogP contribution in [0.5, 0.6) is 0 Å². The summed E-state index contributed by atoms with van der Waals surface area (Å²) >= 11 is 0. The summed E-state index contributed by atoms with van der Waals surface area (Å²) in [6.45, 7) is 9.36. The van der Waals surface area contributed by atoms with E-state index in [1.807, 2.05) is 25.1 Å². The summed E-state index contributed by atoms with van der Waals surface area (Å²) in [5.74, 6) is -1.32. The highest BCUT2D eigenvalue weighted by Gasteiger charge is 2.38. The fourth-order valence-corrected chi connectivity index (χ4v) is 4.14. The Hall–Kier alpha value is -3.14. The summed E-state index contributed by atoms with van der Waals surface area (Å²) < 4.78 is 37.4. The monoisotopic (exact) mass is 478 g/mol. The number of nitrogens with zero attached hydrogens (tertiary/aromatic N) is 3. The van der Waals surface area contributed by atoms with Crippen molar-refractivity contribution in [2.75, 3.05) is 6.54 Å². The standard InChI is InChI=1S/C22H28N4O.C2HF3O2/c1-4-16(5-2)21-19-14-26(12-11-20(19)23-24-21)13-18-15(3)25-27-22(18)17-9-7-6-8-10-17;3-2(4,5)1(6)7/h6-10,16H,4-5,11-14H2,1-3H3,(H,23,24);(H,6,7). The van der Waals surface area contributed by atoms with Gasteiger partial charge in [0, 0.05) is 54.4 Å². The van der Waals surface area contributed by atoms with E-state index in [0.29, 0.717) is 5.92 Å². The summed E-state index contributed by atoms with van der Waals surface area (Å²) in [6, 6.07) is 10.3. The van der Waals surface area contributed by atoms with Gasteiger partial charge >= 0.3 is 12.1 Å². The van der Waals surface area contributed by atoms with E-state index in [9.17, 15) is 13.2 Å². The number of carboxylic acids is 1. The van der Waals surface area contributed by atoms with E-state index in [0.717, 1.165) is 55.9 Å². The zero-order valence-electron chi connectivity index (χ0n) is 19.4. The first-order valence-corrected chi connectivity index (χ1v) is 11.2. The third-order valence-corrected chi connectivity index (χ3v) is 6.06. The average molecular weight is 479 g/mol. The van der Waals surface area contributed by atoms with Gasteiger partial charge in [-0.15, -0.1) is 0 Å². The van der Waals surface area contributed by atoms with Gasteiger partial charge in [0.1, 0.15) is 0 Å². The molecule has 1 aromatic carbocycles. The molecule has 1 aliphatic rings. The Balaban J connectivity index is 0.000000406. The zero-order chi connectivity index (χ0) is 24.9. The second-order valence-electron chi connectivity index (χ2n) is 8.28. The molecule has 0 saturated heterocycles. The number of halogens is 3. The van der Waals surface area contributed by atoms with Crippen LogP contribution in [0, 0.1) is 6.92 Å². The second-order valence-corrected chi connectivity index (χ2v) is 8.28. The molecule has 0 spiro atoms. The van der Waals surface area contributed by atoms with Crippen LogP contribution in [0.4, 0.5) is 13.2 Å². The van der Waals surface area contributed by atoms with Gasteiger partial charge in [-0.2, -0.15) is 18.3 Å². The second kappa shape index (κ2) is 10.9. The number of benzene rings is 1. The molecule has 184 valence electrons. The van der Waals surface area contributed by atoms with Crippen molar-refractivity contribution in [1.82, 2.24) is 20.3 Å². The molecule has 0 saturated carbocycles. The number of aromatic nitrogens is 3. The van der Waals surface area contributed by atoms with E-state index in [4.69, 9.17) is 14.4 Å². The van der Waals surface area contributed by atoms with Crippen LogP contribution in [-0.4, -0.2) is 44.1 Å². The molecule has 0 bridgehead atoms. The van der Waals surface area contributed by atoms with Crippen molar-refractivity contribution in [2.45, 2.75) is 65.2 Å². The number of hydrogen-bond acceptors (Lipinski definition) is 5. The first-order valence-electron chi connectivity index (χ1n) is 11.2. The maximum absolute atomic E-state index is 10.6. The molecular weight excluding hydrogens is 449 g/mol. The SMILES string of the molecule is CCC(CC)c1n[nH]c2c1CN(Cc1c(C)noc1-c1ccccc1)CC2.O=C(O)C(F)(F)F. The number of nitrogens with one attached hydrogen (secondary N) is 1. The Morgan fingerprint density at radius 3 is 2.47 bits per heavy atom. The number of aromatic amines is 1. The van der Waals surface area contributed by atoms with E-state index in [-0.39, 0.29) is 0 Å². The fourth-order valence-electron chi connectivity index (χ4n) is 4.14. The van der Waals surface area contributed by atoms with E-state index < -0.39 is 12.1 Å². The van der Waals surface area contributed by atoms with E-state index in [1.54, 1.807) is 0 Å². The lowest BCUT2D eigenvalue weighted by Gasteiger charge is -2.27. The van der Waals surface area contributed by atoms with Crippen molar-refractivity contribution in [3.8, 4) is 11.3 Å². The molecule has 0 aliphatic carbocycles. The van der Waals surface area contributed by atoms with Gasteiger partial charge in [0.15, 0.2) is 5.76 Å². The van der Waals surface area contributed by atoms with Crippen LogP contribution >= 0.6 is 0 Å². The van der Waals surface area contributed by atoms with Crippen molar-refractivity contribution in [1.29, 1.82) is 0 Å². The van der Waals surface area contributed by atoms with Crippen molar-refractivity contribution in [3.63, 3.8) is 0 Å². The van der Waals surface area contributed by atoms with E-state index in [1.165, 1.54) is 22.5 Å². The number of alkyl halides is 3. The van der Waals surface area contributed by atoms with E-state index >= 15 is 0 Å². The van der Waals surface area contributed by atoms with Gasteiger partial charge in [-0.05, 0) is 19.8 Å². The highest BCUT2D eigenvalue weighted by Crippen LogP contribution is 2.32. The first-order chi connectivity index (χ1) is 16.2. The minimum absolute atomic E-state index is 0.544.